The molecule has 2 N–H and O–H groups in total. The lowest BCUT2D eigenvalue weighted by Gasteiger charge is -2.12. The summed E-state index contributed by atoms with van der Waals surface area (Å²) in [6, 6.07) is 4.67. The first-order chi connectivity index (χ1) is 7.33. The minimum Gasteiger partial charge on any atom is -0.318 e. The molecule has 3 heteroatoms. The van der Waals surface area contributed by atoms with Gasteiger partial charge in [0.25, 0.3) is 0 Å². The van der Waals surface area contributed by atoms with Gasteiger partial charge in [-0.05, 0) is 45.0 Å². The lowest BCUT2D eigenvalue weighted by Crippen LogP contribution is -2.35. The molecule has 1 heterocycles. The van der Waals surface area contributed by atoms with Gasteiger partial charge in [0.05, 0.1) is 0 Å². The van der Waals surface area contributed by atoms with E-state index in [0.29, 0.717) is 6.04 Å². The molecular weight excluding hydrogens is 186 g/mol. The average Bonchev–Trinajstić information content (AvgIpc) is 2.26. The van der Waals surface area contributed by atoms with Crippen LogP contribution in [0.3, 0.4) is 0 Å². The van der Waals surface area contributed by atoms with Gasteiger partial charge in [0.1, 0.15) is 0 Å². The molecule has 0 aromatic carbocycles. The van der Waals surface area contributed by atoms with Crippen LogP contribution >= 0.6 is 0 Å². The molecule has 1 atom stereocenters. The summed E-state index contributed by atoms with van der Waals surface area (Å²) in [7, 11) is 1.98. The van der Waals surface area contributed by atoms with Crippen molar-refractivity contribution in [2.45, 2.75) is 25.8 Å². The molecule has 0 amide bonds. The van der Waals surface area contributed by atoms with Crippen molar-refractivity contribution >= 4 is 0 Å². The van der Waals surface area contributed by atoms with Crippen LogP contribution in [-0.2, 0) is 6.42 Å². The smallest absolute Gasteiger partial charge is 0.0299 e. The molecular formula is C12H21N3. The van der Waals surface area contributed by atoms with E-state index in [9.17, 15) is 0 Å². The highest BCUT2D eigenvalue weighted by atomic mass is 15.0. The topological polar surface area (TPSA) is 37.0 Å². The predicted molar refractivity (Wildman–Crippen MR) is 63.9 cm³/mol. The minimum absolute atomic E-state index is 0.545. The highest BCUT2D eigenvalue weighted by Gasteiger charge is 1.98. The van der Waals surface area contributed by atoms with Gasteiger partial charge in [-0.3, -0.25) is 4.98 Å². The van der Waals surface area contributed by atoms with Crippen LogP contribution < -0.4 is 10.6 Å². The molecule has 0 saturated heterocycles. The second-order valence-corrected chi connectivity index (χ2v) is 3.88. The van der Waals surface area contributed by atoms with Gasteiger partial charge in [0.2, 0.25) is 0 Å². The number of likely N-dealkylation sites (N-methyl/N-ethyl adjacent to an activating group) is 1. The quantitative estimate of drug-likeness (QED) is 0.660. The fourth-order valence-corrected chi connectivity index (χ4v) is 1.57. The molecule has 3 nitrogen and oxygen atoms in total. The zero-order chi connectivity index (χ0) is 10.9. The van der Waals surface area contributed by atoms with Gasteiger partial charge >= 0.3 is 0 Å². The first-order valence-corrected chi connectivity index (χ1v) is 5.60. The third-order valence-corrected chi connectivity index (χ3v) is 2.37. The maximum Gasteiger partial charge on any atom is 0.0299 e. The van der Waals surface area contributed by atoms with E-state index in [-0.39, 0.29) is 0 Å². The summed E-state index contributed by atoms with van der Waals surface area (Å²) in [6.07, 6.45) is 6.03. The van der Waals surface area contributed by atoms with Gasteiger partial charge in [-0.1, -0.05) is 6.07 Å². The first kappa shape index (κ1) is 12.1. The molecule has 1 unspecified atom stereocenters. The van der Waals surface area contributed by atoms with Crippen LogP contribution in [0, 0.1) is 0 Å². The van der Waals surface area contributed by atoms with E-state index in [4.69, 9.17) is 0 Å². The maximum atomic E-state index is 4.10. The van der Waals surface area contributed by atoms with Crippen molar-refractivity contribution in [2.75, 3.05) is 20.1 Å². The van der Waals surface area contributed by atoms with E-state index in [0.717, 1.165) is 19.5 Å². The van der Waals surface area contributed by atoms with Crippen LogP contribution in [0.4, 0.5) is 0 Å². The van der Waals surface area contributed by atoms with Crippen molar-refractivity contribution in [3.8, 4) is 0 Å². The summed E-state index contributed by atoms with van der Waals surface area (Å²) >= 11 is 0. The average molecular weight is 207 g/mol. The Morgan fingerprint density at radius 3 is 3.00 bits per heavy atom. The van der Waals surface area contributed by atoms with Gasteiger partial charge in [0, 0.05) is 25.0 Å². The molecule has 0 radical (unpaired) electrons. The Morgan fingerprint density at radius 1 is 1.47 bits per heavy atom. The van der Waals surface area contributed by atoms with Crippen LogP contribution in [0.1, 0.15) is 18.9 Å². The normalized spacial score (nSPS) is 12.7. The predicted octanol–water partition coefficient (Wildman–Crippen LogP) is 1.21. The fraction of sp³-hybridized carbons (Fsp3) is 0.583. The van der Waals surface area contributed by atoms with E-state index in [1.165, 1.54) is 12.0 Å². The third kappa shape index (κ3) is 5.50. The summed E-state index contributed by atoms with van der Waals surface area (Å²) in [5, 5.41) is 6.62. The Hall–Kier alpha value is -0.930. The molecule has 0 spiro atoms. The molecule has 1 aromatic heterocycles. The Morgan fingerprint density at radius 2 is 2.33 bits per heavy atom. The lowest BCUT2D eigenvalue weighted by atomic mass is 10.1. The number of hydrogen-bond donors (Lipinski definition) is 2. The minimum atomic E-state index is 0.545. The summed E-state index contributed by atoms with van der Waals surface area (Å²) in [5.41, 5.74) is 1.32. The van der Waals surface area contributed by atoms with Crippen LogP contribution in [-0.4, -0.2) is 31.2 Å². The van der Waals surface area contributed by atoms with Crippen molar-refractivity contribution in [2.24, 2.45) is 0 Å². The third-order valence-electron chi connectivity index (χ3n) is 2.37. The van der Waals surface area contributed by atoms with Crippen LogP contribution in [0.15, 0.2) is 24.5 Å². The van der Waals surface area contributed by atoms with E-state index in [2.05, 4.69) is 28.6 Å². The molecule has 0 saturated carbocycles. The molecule has 1 aromatic rings. The lowest BCUT2D eigenvalue weighted by molar-refractivity contribution is 0.515. The maximum absolute atomic E-state index is 4.10. The van der Waals surface area contributed by atoms with E-state index in [1.807, 2.05) is 25.5 Å². The highest BCUT2D eigenvalue weighted by Crippen LogP contribution is 1.99. The molecule has 0 fully saturated rings. The Bertz CT molecular complexity index is 248. The summed E-state index contributed by atoms with van der Waals surface area (Å²) in [6.45, 7) is 4.28. The van der Waals surface area contributed by atoms with E-state index >= 15 is 0 Å². The molecule has 0 aliphatic carbocycles. The van der Waals surface area contributed by atoms with E-state index < -0.39 is 0 Å². The Balaban J connectivity index is 2.07. The number of pyridine rings is 1. The molecule has 84 valence electrons. The molecule has 0 bridgehead atoms. The summed E-state index contributed by atoms with van der Waals surface area (Å²) < 4.78 is 0. The fourth-order valence-electron chi connectivity index (χ4n) is 1.57. The van der Waals surface area contributed by atoms with Crippen LogP contribution in [0.25, 0.3) is 0 Å². The number of aromatic nitrogens is 1. The largest absolute Gasteiger partial charge is 0.318 e. The van der Waals surface area contributed by atoms with Crippen molar-refractivity contribution in [3.63, 3.8) is 0 Å². The molecule has 1 rings (SSSR count). The van der Waals surface area contributed by atoms with Gasteiger partial charge < -0.3 is 10.6 Å². The van der Waals surface area contributed by atoms with Crippen molar-refractivity contribution in [3.05, 3.63) is 30.1 Å². The second kappa shape index (κ2) is 7.37. The summed E-state index contributed by atoms with van der Waals surface area (Å²) in [4.78, 5) is 4.10. The highest BCUT2D eigenvalue weighted by molar-refractivity contribution is 5.08. The molecule has 15 heavy (non-hydrogen) atoms. The number of hydrogen-bond acceptors (Lipinski definition) is 3. The second-order valence-electron chi connectivity index (χ2n) is 3.88. The number of aryl methyl sites for hydroxylation is 1. The zero-order valence-corrected chi connectivity index (χ0v) is 9.66. The standard InChI is InChI=1S/C12H21N3/c1-11(9-13-2)15-8-4-6-12-5-3-7-14-10-12/h3,5,7,10-11,13,15H,4,6,8-9H2,1-2H3. The number of nitrogens with zero attached hydrogens (tertiary/aromatic N) is 1. The monoisotopic (exact) mass is 207 g/mol. The van der Waals surface area contributed by atoms with Gasteiger partial charge in [-0.2, -0.15) is 0 Å². The zero-order valence-electron chi connectivity index (χ0n) is 9.66. The molecule has 0 aliphatic heterocycles. The van der Waals surface area contributed by atoms with Gasteiger partial charge in [-0.25, -0.2) is 0 Å². The van der Waals surface area contributed by atoms with Crippen LogP contribution in [0.5, 0.6) is 0 Å². The summed E-state index contributed by atoms with van der Waals surface area (Å²) in [5.74, 6) is 0. The Labute approximate surface area is 92.3 Å². The molecule has 0 aliphatic rings. The van der Waals surface area contributed by atoms with Gasteiger partial charge in [0.15, 0.2) is 0 Å². The van der Waals surface area contributed by atoms with Crippen molar-refractivity contribution < 1.29 is 0 Å². The SMILES string of the molecule is CNCC(C)NCCCc1cccnc1. The van der Waals surface area contributed by atoms with Crippen molar-refractivity contribution in [1.29, 1.82) is 0 Å². The Kier molecular flexibility index (Phi) is 5.97. The van der Waals surface area contributed by atoms with E-state index in [1.54, 1.807) is 0 Å². The number of nitrogens with one attached hydrogen (secondary N) is 2. The van der Waals surface area contributed by atoms with Gasteiger partial charge in [-0.15, -0.1) is 0 Å². The van der Waals surface area contributed by atoms with Crippen LogP contribution in [0.2, 0.25) is 0 Å². The first-order valence-electron chi connectivity index (χ1n) is 5.60. The number of rotatable bonds is 7. The van der Waals surface area contributed by atoms with Crippen molar-refractivity contribution in [1.82, 2.24) is 15.6 Å².